The van der Waals surface area contributed by atoms with Gasteiger partial charge >= 0.3 is 0 Å². The molecule has 0 atom stereocenters. The van der Waals surface area contributed by atoms with Crippen LogP contribution < -0.4 is 5.32 Å². The number of carbonyl (C=O) groups excluding carboxylic acids is 1. The van der Waals surface area contributed by atoms with Crippen LogP contribution in [0.3, 0.4) is 0 Å². The lowest BCUT2D eigenvalue weighted by molar-refractivity contribution is 0.102. The Morgan fingerprint density at radius 1 is 1.44 bits per heavy atom. The van der Waals surface area contributed by atoms with Crippen LogP contribution in [0.15, 0.2) is 30.3 Å². The number of anilines is 1. The Morgan fingerprint density at radius 2 is 2.25 bits per heavy atom. The molecule has 0 saturated heterocycles. The van der Waals surface area contributed by atoms with Gasteiger partial charge in [0.15, 0.2) is 0 Å². The van der Waals surface area contributed by atoms with E-state index in [0.717, 1.165) is 4.88 Å². The highest BCUT2D eigenvalue weighted by atomic mass is 32.1. The van der Waals surface area contributed by atoms with Gasteiger partial charge in [0, 0.05) is 10.6 Å². The van der Waals surface area contributed by atoms with Crippen LogP contribution in [0.2, 0.25) is 0 Å². The number of halogens is 1. The molecular formula is C11H9FN2OS. The number of hydrogen-bond donors (Lipinski definition) is 1. The van der Waals surface area contributed by atoms with Crippen LogP contribution in [0.4, 0.5) is 10.1 Å². The molecular weight excluding hydrogens is 227 g/mol. The highest BCUT2D eigenvalue weighted by Crippen LogP contribution is 2.13. The standard InChI is InChI=1S/C11H9FN2OS/c1-7-5-10(14-16-7)11(15)13-9-4-2-3-8(12)6-9/h2-6H,1H3,(H,13,15). The number of nitrogens with zero attached hydrogens (tertiary/aromatic N) is 1. The lowest BCUT2D eigenvalue weighted by Gasteiger charge is -2.02. The number of aromatic nitrogens is 1. The molecule has 0 saturated carbocycles. The molecule has 3 nitrogen and oxygen atoms in total. The number of hydrogen-bond acceptors (Lipinski definition) is 3. The number of amides is 1. The summed E-state index contributed by atoms with van der Waals surface area (Å²) in [5.74, 6) is -0.706. The predicted molar refractivity (Wildman–Crippen MR) is 61.2 cm³/mol. The van der Waals surface area contributed by atoms with Crippen molar-refractivity contribution in [2.75, 3.05) is 5.32 Å². The molecule has 1 N–H and O–H groups in total. The lowest BCUT2D eigenvalue weighted by atomic mass is 10.3. The van der Waals surface area contributed by atoms with Crippen molar-refractivity contribution >= 4 is 23.1 Å². The molecule has 82 valence electrons. The van der Waals surface area contributed by atoms with Crippen LogP contribution in [-0.2, 0) is 0 Å². The van der Waals surface area contributed by atoms with E-state index in [1.165, 1.54) is 29.7 Å². The molecule has 2 aromatic rings. The van der Waals surface area contributed by atoms with Crippen molar-refractivity contribution < 1.29 is 9.18 Å². The number of aryl methyl sites for hydroxylation is 1. The maximum absolute atomic E-state index is 12.9. The van der Waals surface area contributed by atoms with Gasteiger partial charge in [-0.15, -0.1) is 0 Å². The summed E-state index contributed by atoms with van der Waals surface area (Å²) in [6, 6.07) is 7.44. The van der Waals surface area contributed by atoms with E-state index in [1.807, 2.05) is 6.92 Å². The average molecular weight is 236 g/mol. The summed E-state index contributed by atoms with van der Waals surface area (Å²) in [7, 11) is 0. The third-order valence-corrected chi connectivity index (χ3v) is 2.64. The number of rotatable bonds is 2. The Hall–Kier alpha value is -1.75. The Bertz CT molecular complexity index is 524. The lowest BCUT2D eigenvalue weighted by Crippen LogP contribution is -2.12. The third kappa shape index (κ3) is 2.43. The Kier molecular flexibility index (Phi) is 2.96. The van der Waals surface area contributed by atoms with Crippen molar-refractivity contribution in [1.29, 1.82) is 0 Å². The van der Waals surface area contributed by atoms with Gasteiger partial charge in [-0.2, -0.15) is 4.37 Å². The molecule has 0 fully saturated rings. The van der Waals surface area contributed by atoms with Crippen molar-refractivity contribution in [1.82, 2.24) is 4.37 Å². The van der Waals surface area contributed by atoms with Crippen LogP contribution in [-0.4, -0.2) is 10.3 Å². The summed E-state index contributed by atoms with van der Waals surface area (Å²) in [5, 5.41) is 2.58. The van der Waals surface area contributed by atoms with E-state index in [9.17, 15) is 9.18 Å². The second-order valence-corrected chi connectivity index (χ2v) is 4.30. The zero-order chi connectivity index (χ0) is 11.5. The molecule has 2 rings (SSSR count). The summed E-state index contributed by atoms with van der Waals surface area (Å²) in [5.41, 5.74) is 0.780. The highest BCUT2D eigenvalue weighted by molar-refractivity contribution is 7.05. The van der Waals surface area contributed by atoms with Crippen molar-refractivity contribution in [3.63, 3.8) is 0 Å². The van der Waals surface area contributed by atoms with Crippen molar-refractivity contribution in [3.8, 4) is 0 Å². The van der Waals surface area contributed by atoms with Crippen LogP contribution in [0.1, 0.15) is 15.4 Å². The first-order valence-corrected chi connectivity index (χ1v) is 5.43. The quantitative estimate of drug-likeness (QED) is 0.871. The Morgan fingerprint density at radius 3 is 2.88 bits per heavy atom. The molecule has 0 spiro atoms. The fourth-order valence-corrected chi connectivity index (χ4v) is 1.78. The Balaban J connectivity index is 2.13. The van der Waals surface area contributed by atoms with Crippen LogP contribution in [0.5, 0.6) is 0 Å². The van der Waals surface area contributed by atoms with E-state index in [2.05, 4.69) is 9.69 Å². The minimum atomic E-state index is -0.382. The van der Waals surface area contributed by atoms with Gasteiger partial charge < -0.3 is 5.32 Å². The van der Waals surface area contributed by atoms with Gasteiger partial charge in [-0.3, -0.25) is 4.79 Å². The molecule has 0 bridgehead atoms. The first-order valence-electron chi connectivity index (χ1n) is 4.65. The van der Waals surface area contributed by atoms with Gasteiger partial charge in [0.2, 0.25) is 0 Å². The maximum atomic E-state index is 12.9. The second-order valence-electron chi connectivity index (χ2n) is 3.29. The van der Waals surface area contributed by atoms with Crippen LogP contribution in [0.25, 0.3) is 0 Å². The number of nitrogens with one attached hydrogen (secondary N) is 1. The van der Waals surface area contributed by atoms with Gasteiger partial charge in [0.05, 0.1) is 0 Å². The highest BCUT2D eigenvalue weighted by Gasteiger charge is 2.09. The topological polar surface area (TPSA) is 42.0 Å². The first-order chi connectivity index (χ1) is 7.65. The molecule has 0 unspecified atom stereocenters. The van der Waals surface area contributed by atoms with Gasteiger partial charge in [-0.05, 0) is 42.7 Å². The summed E-state index contributed by atoms with van der Waals surface area (Å²) in [6.07, 6.45) is 0. The van der Waals surface area contributed by atoms with Crippen LogP contribution in [0, 0.1) is 12.7 Å². The van der Waals surface area contributed by atoms with Gasteiger partial charge in [0.25, 0.3) is 5.91 Å². The van der Waals surface area contributed by atoms with E-state index < -0.39 is 0 Å². The second kappa shape index (κ2) is 4.40. The molecule has 1 amide bonds. The minimum absolute atomic E-state index is 0.324. The van der Waals surface area contributed by atoms with Crippen molar-refractivity contribution in [2.24, 2.45) is 0 Å². The molecule has 0 aliphatic heterocycles. The van der Waals surface area contributed by atoms with E-state index in [0.29, 0.717) is 11.4 Å². The predicted octanol–water partition coefficient (Wildman–Crippen LogP) is 2.84. The normalized spacial score (nSPS) is 10.1. The van der Waals surface area contributed by atoms with Crippen LogP contribution >= 0.6 is 11.5 Å². The van der Waals surface area contributed by atoms with Crippen molar-refractivity contribution in [2.45, 2.75) is 6.92 Å². The number of benzene rings is 1. The minimum Gasteiger partial charge on any atom is -0.321 e. The number of carbonyl (C=O) groups is 1. The zero-order valence-electron chi connectivity index (χ0n) is 8.53. The molecule has 5 heteroatoms. The molecule has 0 aliphatic carbocycles. The van der Waals surface area contributed by atoms with Crippen molar-refractivity contribution in [3.05, 3.63) is 46.7 Å². The molecule has 16 heavy (non-hydrogen) atoms. The third-order valence-electron chi connectivity index (χ3n) is 1.94. The Labute approximate surface area is 96.1 Å². The summed E-state index contributed by atoms with van der Waals surface area (Å²) >= 11 is 1.26. The molecule has 0 aliphatic rings. The van der Waals surface area contributed by atoms with E-state index >= 15 is 0 Å². The SMILES string of the molecule is Cc1cc(C(=O)Nc2cccc(F)c2)ns1. The maximum Gasteiger partial charge on any atom is 0.275 e. The van der Waals surface area contributed by atoms with Gasteiger partial charge in [-0.25, -0.2) is 4.39 Å². The average Bonchev–Trinajstić information content (AvgIpc) is 2.65. The van der Waals surface area contributed by atoms with Gasteiger partial charge in [-0.1, -0.05) is 6.07 Å². The summed E-state index contributed by atoms with van der Waals surface area (Å²) in [4.78, 5) is 12.6. The zero-order valence-corrected chi connectivity index (χ0v) is 9.34. The fraction of sp³-hybridized carbons (Fsp3) is 0.0909. The smallest absolute Gasteiger partial charge is 0.275 e. The van der Waals surface area contributed by atoms with E-state index in [4.69, 9.17) is 0 Å². The molecule has 1 aromatic heterocycles. The van der Waals surface area contributed by atoms with E-state index in [-0.39, 0.29) is 11.7 Å². The largest absolute Gasteiger partial charge is 0.321 e. The van der Waals surface area contributed by atoms with E-state index in [1.54, 1.807) is 12.1 Å². The van der Waals surface area contributed by atoms with Gasteiger partial charge in [0.1, 0.15) is 11.5 Å². The summed E-state index contributed by atoms with van der Waals surface area (Å²) < 4.78 is 16.8. The molecule has 1 heterocycles. The first kappa shape index (κ1) is 10.8. The monoisotopic (exact) mass is 236 g/mol. The fourth-order valence-electron chi connectivity index (χ4n) is 1.23. The molecule has 1 aromatic carbocycles. The molecule has 0 radical (unpaired) electrons. The summed E-state index contributed by atoms with van der Waals surface area (Å²) in [6.45, 7) is 1.87.